The second-order valence-corrected chi connectivity index (χ2v) is 5.91. The molecule has 0 aliphatic rings. The SMILES string of the molecule is COc1ccc(C)cc1NC(=O)C[NH2+][C@H](C)c1ccccc1Cl. The van der Waals surface area contributed by atoms with Crippen LogP contribution in [0.2, 0.25) is 5.02 Å². The van der Waals surface area contributed by atoms with Crippen LogP contribution in [-0.4, -0.2) is 19.6 Å². The zero-order chi connectivity index (χ0) is 16.8. The van der Waals surface area contributed by atoms with Gasteiger partial charge in [-0.05, 0) is 37.6 Å². The van der Waals surface area contributed by atoms with Gasteiger partial charge in [-0.2, -0.15) is 0 Å². The fourth-order valence-electron chi connectivity index (χ4n) is 2.38. The van der Waals surface area contributed by atoms with E-state index in [0.29, 0.717) is 18.0 Å². The fourth-order valence-corrected chi connectivity index (χ4v) is 2.68. The van der Waals surface area contributed by atoms with Gasteiger partial charge < -0.3 is 15.4 Å². The number of nitrogens with two attached hydrogens (primary N) is 1. The smallest absolute Gasteiger partial charge is 0.279 e. The van der Waals surface area contributed by atoms with Crippen LogP contribution in [0, 0.1) is 6.92 Å². The van der Waals surface area contributed by atoms with Crippen LogP contribution in [0.5, 0.6) is 5.75 Å². The number of hydrogen-bond donors (Lipinski definition) is 2. The van der Waals surface area contributed by atoms with Crippen molar-refractivity contribution in [2.45, 2.75) is 19.9 Å². The number of benzene rings is 2. The summed E-state index contributed by atoms with van der Waals surface area (Å²) in [4.78, 5) is 12.2. The van der Waals surface area contributed by atoms with Gasteiger partial charge in [0, 0.05) is 10.6 Å². The number of carbonyl (C=O) groups excluding carboxylic acids is 1. The molecule has 2 aromatic rings. The van der Waals surface area contributed by atoms with Crippen LogP contribution in [0.4, 0.5) is 5.69 Å². The van der Waals surface area contributed by atoms with Gasteiger partial charge in [0.25, 0.3) is 5.91 Å². The summed E-state index contributed by atoms with van der Waals surface area (Å²) in [7, 11) is 1.59. The Bertz CT molecular complexity index is 688. The number of methoxy groups -OCH3 is 1. The van der Waals surface area contributed by atoms with Crippen molar-refractivity contribution in [3.8, 4) is 5.75 Å². The summed E-state index contributed by atoms with van der Waals surface area (Å²) in [6.45, 7) is 4.31. The molecule has 0 radical (unpaired) electrons. The first-order chi connectivity index (χ1) is 11.0. The predicted octanol–water partition coefficient (Wildman–Crippen LogP) is 2.92. The standard InChI is InChI=1S/C18H21ClN2O2/c1-12-8-9-17(23-3)16(10-12)21-18(22)11-20-13(2)14-6-4-5-7-15(14)19/h4-10,13,20H,11H2,1-3H3,(H,21,22)/p+1/t13-/m1/s1. The minimum atomic E-state index is -0.0761. The molecule has 1 atom stereocenters. The largest absolute Gasteiger partial charge is 0.495 e. The van der Waals surface area contributed by atoms with Crippen molar-refractivity contribution in [1.29, 1.82) is 0 Å². The van der Waals surface area contributed by atoms with E-state index in [-0.39, 0.29) is 11.9 Å². The summed E-state index contributed by atoms with van der Waals surface area (Å²) in [6, 6.07) is 13.5. The van der Waals surface area contributed by atoms with Crippen molar-refractivity contribution in [3.63, 3.8) is 0 Å². The van der Waals surface area contributed by atoms with Crippen LogP contribution in [0.3, 0.4) is 0 Å². The van der Waals surface area contributed by atoms with Crippen LogP contribution in [0.15, 0.2) is 42.5 Å². The molecule has 122 valence electrons. The normalized spacial score (nSPS) is 11.8. The van der Waals surface area contributed by atoms with Gasteiger partial charge in [0.05, 0.1) is 12.8 Å². The molecule has 4 nitrogen and oxygen atoms in total. The van der Waals surface area contributed by atoms with Crippen LogP contribution < -0.4 is 15.4 Å². The average molecular weight is 334 g/mol. The highest BCUT2D eigenvalue weighted by Gasteiger charge is 2.15. The summed E-state index contributed by atoms with van der Waals surface area (Å²) in [5, 5.41) is 5.57. The zero-order valence-electron chi connectivity index (χ0n) is 13.6. The van der Waals surface area contributed by atoms with Gasteiger partial charge in [-0.25, -0.2) is 0 Å². The maximum absolute atomic E-state index is 12.2. The number of hydrogen-bond acceptors (Lipinski definition) is 2. The number of ether oxygens (including phenoxy) is 1. The van der Waals surface area contributed by atoms with E-state index in [1.54, 1.807) is 7.11 Å². The van der Waals surface area contributed by atoms with Crippen LogP contribution >= 0.6 is 11.6 Å². The minimum Gasteiger partial charge on any atom is -0.495 e. The highest BCUT2D eigenvalue weighted by Crippen LogP contribution is 2.25. The lowest BCUT2D eigenvalue weighted by Crippen LogP contribution is -2.86. The van der Waals surface area contributed by atoms with E-state index in [0.717, 1.165) is 16.1 Å². The van der Waals surface area contributed by atoms with Crippen LogP contribution in [0.1, 0.15) is 24.1 Å². The molecule has 3 N–H and O–H groups in total. The molecular formula is C18H22ClN2O2+. The first-order valence-electron chi connectivity index (χ1n) is 7.53. The number of carbonyl (C=O) groups is 1. The van der Waals surface area contributed by atoms with Gasteiger partial charge in [0.1, 0.15) is 11.8 Å². The Morgan fingerprint density at radius 2 is 2.04 bits per heavy atom. The molecule has 2 rings (SSSR count). The Hall–Kier alpha value is -2.04. The molecule has 0 aliphatic heterocycles. The number of halogens is 1. The van der Waals surface area contributed by atoms with Gasteiger partial charge in [-0.1, -0.05) is 35.9 Å². The summed E-state index contributed by atoms with van der Waals surface area (Å²) < 4.78 is 5.27. The first-order valence-corrected chi connectivity index (χ1v) is 7.91. The lowest BCUT2D eigenvalue weighted by molar-refractivity contribution is -0.682. The number of rotatable bonds is 6. The molecule has 1 amide bonds. The first kappa shape index (κ1) is 17.3. The molecule has 0 bridgehead atoms. The monoisotopic (exact) mass is 333 g/mol. The summed E-state index contributed by atoms with van der Waals surface area (Å²) in [6.07, 6.45) is 0. The molecule has 0 aliphatic carbocycles. The van der Waals surface area contributed by atoms with E-state index in [2.05, 4.69) is 5.32 Å². The Morgan fingerprint density at radius 1 is 1.30 bits per heavy atom. The van der Waals surface area contributed by atoms with Gasteiger partial charge >= 0.3 is 0 Å². The van der Waals surface area contributed by atoms with E-state index in [9.17, 15) is 4.79 Å². The summed E-state index contributed by atoms with van der Waals surface area (Å²) in [5.74, 6) is 0.580. The van der Waals surface area contributed by atoms with E-state index < -0.39 is 0 Å². The van der Waals surface area contributed by atoms with Crippen molar-refractivity contribution in [2.24, 2.45) is 0 Å². The molecular weight excluding hydrogens is 312 g/mol. The van der Waals surface area contributed by atoms with Crippen molar-refractivity contribution >= 4 is 23.2 Å². The van der Waals surface area contributed by atoms with Gasteiger partial charge in [-0.15, -0.1) is 0 Å². The van der Waals surface area contributed by atoms with Crippen LogP contribution in [-0.2, 0) is 4.79 Å². The lowest BCUT2D eigenvalue weighted by atomic mass is 10.1. The Balaban J connectivity index is 1.95. The molecule has 0 spiro atoms. The molecule has 0 aromatic heterocycles. The third-order valence-electron chi connectivity index (χ3n) is 3.68. The summed E-state index contributed by atoms with van der Waals surface area (Å²) in [5.41, 5.74) is 2.78. The van der Waals surface area contributed by atoms with Gasteiger partial charge in [0.15, 0.2) is 6.54 Å². The number of aryl methyl sites for hydroxylation is 1. The number of quaternary nitrogens is 1. The topological polar surface area (TPSA) is 54.9 Å². The molecule has 0 fully saturated rings. The van der Waals surface area contributed by atoms with Gasteiger partial charge in [-0.3, -0.25) is 4.79 Å². The number of amides is 1. The summed E-state index contributed by atoms with van der Waals surface area (Å²) >= 11 is 6.18. The van der Waals surface area contributed by atoms with E-state index in [1.165, 1.54) is 0 Å². The quantitative estimate of drug-likeness (QED) is 0.854. The molecule has 5 heteroatoms. The highest BCUT2D eigenvalue weighted by molar-refractivity contribution is 6.31. The van der Waals surface area contributed by atoms with Crippen molar-refractivity contribution in [3.05, 3.63) is 58.6 Å². The molecule has 0 saturated heterocycles. The Kier molecular flexibility index (Phi) is 6.02. The van der Waals surface area contributed by atoms with Crippen molar-refractivity contribution in [1.82, 2.24) is 0 Å². The second kappa shape index (κ2) is 7.99. The molecule has 2 aromatic carbocycles. The lowest BCUT2D eigenvalue weighted by Gasteiger charge is -2.14. The zero-order valence-corrected chi connectivity index (χ0v) is 14.4. The highest BCUT2D eigenvalue weighted by atomic mass is 35.5. The maximum Gasteiger partial charge on any atom is 0.279 e. The third kappa shape index (κ3) is 4.71. The third-order valence-corrected chi connectivity index (χ3v) is 4.03. The molecule has 0 unspecified atom stereocenters. The van der Waals surface area contributed by atoms with Crippen molar-refractivity contribution < 1.29 is 14.8 Å². The van der Waals surface area contributed by atoms with E-state index in [1.807, 2.05) is 61.6 Å². The minimum absolute atomic E-state index is 0.0761. The number of nitrogens with one attached hydrogen (secondary N) is 1. The van der Waals surface area contributed by atoms with Crippen molar-refractivity contribution in [2.75, 3.05) is 19.0 Å². The maximum atomic E-state index is 12.2. The van der Waals surface area contributed by atoms with Crippen LogP contribution in [0.25, 0.3) is 0 Å². The average Bonchev–Trinajstić information content (AvgIpc) is 2.53. The Morgan fingerprint density at radius 3 is 2.74 bits per heavy atom. The number of anilines is 1. The molecule has 0 saturated carbocycles. The predicted molar refractivity (Wildman–Crippen MR) is 93.0 cm³/mol. The second-order valence-electron chi connectivity index (χ2n) is 5.50. The molecule has 0 heterocycles. The van der Waals surface area contributed by atoms with E-state index in [4.69, 9.17) is 16.3 Å². The van der Waals surface area contributed by atoms with E-state index >= 15 is 0 Å². The fraction of sp³-hybridized carbons (Fsp3) is 0.278. The molecule has 23 heavy (non-hydrogen) atoms. The Labute approximate surface area is 141 Å². The van der Waals surface area contributed by atoms with Gasteiger partial charge in [0.2, 0.25) is 0 Å².